The molecule has 118 valence electrons. The van der Waals surface area contributed by atoms with E-state index >= 15 is 0 Å². The summed E-state index contributed by atoms with van der Waals surface area (Å²) in [6, 6.07) is 4.65. The number of benzene rings is 1. The fourth-order valence-electron chi connectivity index (χ4n) is 2.19. The molecule has 1 aliphatic heterocycles. The van der Waals surface area contributed by atoms with Crippen molar-refractivity contribution >= 4 is 34.2 Å². The first-order chi connectivity index (χ1) is 9.65. The minimum atomic E-state index is -0.312. The third-order valence-corrected chi connectivity index (χ3v) is 3.92. The highest BCUT2D eigenvalue weighted by molar-refractivity contribution is 9.10. The van der Waals surface area contributed by atoms with Gasteiger partial charge >= 0.3 is 0 Å². The number of carbonyl (C=O) groups is 1. The number of nitrogens with zero attached hydrogens (tertiary/aromatic N) is 1. The molecule has 1 aliphatic rings. The molecule has 1 fully saturated rings. The van der Waals surface area contributed by atoms with E-state index < -0.39 is 0 Å². The summed E-state index contributed by atoms with van der Waals surface area (Å²) in [7, 11) is 0. The van der Waals surface area contributed by atoms with Gasteiger partial charge in [-0.25, -0.2) is 4.39 Å². The standard InChI is InChI=1S/C14H19BrFN3O.ClH/c15-12-9-11(1-2-13(12)16)10-14(20)18-5-8-19-6-3-17-4-7-19;/h1-2,9,17H,3-8,10H2,(H,18,20);1H. The summed E-state index contributed by atoms with van der Waals surface area (Å²) in [5.41, 5.74) is 0.804. The normalized spacial score (nSPS) is 15.3. The Kier molecular flexibility index (Phi) is 8.18. The zero-order chi connectivity index (χ0) is 14.4. The molecule has 0 bridgehead atoms. The third kappa shape index (κ3) is 6.30. The largest absolute Gasteiger partial charge is 0.355 e. The minimum Gasteiger partial charge on any atom is -0.355 e. The van der Waals surface area contributed by atoms with Crippen LogP contribution in [0.2, 0.25) is 0 Å². The topological polar surface area (TPSA) is 44.4 Å². The van der Waals surface area contributed by atoms with Crippen LogP contribution >= 0.6 is 28.3 Å². The van der Waals surface area contributed by atoms with Gasteiger partial charge in [-0.05, 0) is 33.6 Å². The molecular formula is C14H20BrClFN3O. The highest BCUT2D eigenvalue weighted by Gasteiger charge is 2.10. The monoisotopic (exact) mass is 379 g/mol. The fraction of sp³-hybridized carbons (Fsp3) is 0.500. The van der Waals surface area contributed by atoms with Crippen molar-refractivity contribution in [3.63, 3.8) is 0 Å². The van der Waals surface area contributed by atoms with Crippen LogP contribution in [0.4, 0.5) is 4.39 Å². The highest BCUT2D eigenvalue weighted by Crippen LogP contribution is 2.17. The van der Waals surface area contributed by atoms with Gasteiger partial charge in [0.25, 0.3) is 0 Å². The second kappa shape index (κ2) is 9.35. The molecule has 1 amide bonds. The maximum absolute atomic E-state index is 13.1. The molecule has 0 atom stereocenters. The Bertz CT molecular complexity index is 470. The summed E-state index contributed by atoms with van der Waals surface area (Å²) in [4.78, 5) is 14.1. The van der Waals surface area contributed by atoms with Gasteiger partial charge in [-0.3, -0.25) is 9.69 Å². The van der Waals surface area contributed by atoms with Crippen LogP contribution in [0.5, 0.6) is 0 Å². The molecule has 0 aromatic heterocycles. The number of rotatable bonds is 5. The summed E-state index contributed by atoms with van der Waals surface area (Å²) in [5.74, 6) is -0.341. The number of hydrogen-bond donors (Lipinski definition) is 2. The van der Waals surface area contributed by atoms with E-state index in [0.717, 1.165) is 38.3 Å². The summed E-state index contributed by atoms with van der Waals surface area (Å²) in [5, 5.41) is 6.19. The van der Waals surface area contributed by atoms with Crippen molar-refractivity contribution in [1.82, 2.24) is 15.5 Å². The van der Waals surface area contributed by atoms with Crippen LogP contribution in [0.25, 0.3) is 0 Å². The molecule has 1 aromatic carbocycles. The van der Waals surface area contributed by atoms with E-state index in [4.69, 9.17) is 0 Å². The number of piperazine rings is 1. The van der Waals surface area contributed by atoms with Gasteiger partial charge in [0, 0.05) is 39.3 Å². The van der Waals surface area contributed by atoms with Crippen LogP contribution in [0.15, 0.2) is 22.7 Å². The second-order valence-electron chi connectivity index (χ2n) is 4.87. The maximum atomic E-state index is 13.1. The lowest BCUT2D eigenvalue weighted by molar-refractivity contribution is -0.120. The Morgan fingerprint density at radius 2 is 2.10 bits per heavy atom. The SMILES string of the molecule is Cl.O=C(Cc1ccc(F)c(Br)c1)NCCN1CCNCC1. The van der Waals surface area contributed by atoms with E-state index in [-0.39, 0.29) is 30.6 Å². The van der Waals surface area contributed by atoms with Gasteiger partial charge in [-0.1, -0.05) is 6.07 Å². The number of hydrogen-bond acceptors (Lipinski definition) is 3. The third-order valence-electron chi connectivity index (χ3n) is 3.31. The van der Waals surface area contributed by atoms with Crippen LogP contribution in [-0.4, -0.2) is 50.1 Å². The molecule has 2 rings (SSSR count). The average molecular weight is 381 g/mol. The van der Waals surface area contributed by atoms with E-state index in [0.29, 0.717) is 11.0 Å². The number of carbonyl (C=O) groups excluding carboxylic acids is 1. The van der Waals surface area contributed by atoms with E-state index in [2.05, 4.69) is 31.5 Å². The van der Waals surface area contributed by atoms with Crippen LogP contribution in [-0.2, 0) is 11.2 Å². The quantitative estimate of drug-likeness (QED) is 0.815. The van der Waals surface area contributed by atoms with Crippen LogP contribution < -0.4 is 10.6 Å². The number of amides is 1. The number of halogens is 3. The van der Waals surface area contributed by atoms with Crippen molar-refractivity contribution in [2.24, 2.45) is 0 Å². The first-order valence-corrected chi connectivity index (χ1v) is 7.58. The van der Waals surface area contributed by atoms with E-state index in [1.807, 2.05) is 0 Å². The van der Waals surface area contributed by atoms with Gasteiger partial charge in [0.1, 0.15) is 5.82 Å². The molecule has 0 radical (unpaired) electrons. The zero-order valence-electron chi connectivity index (χ0n) is 11.7. The highest BCUT2D eigenvalue weighted by atomic mass is 79.9. The van der Waals surface area contributed by atoms with Crippen LogP contribution in [0, 0.1) is 5.82 Å². The summed E-state index contributed by atoms with van der Waals surface area (Å²) in [6.07, 6.45) is 0.278. The fourth-order valence-corrected chi connectivity index (χ4v) is 2.61. The Labute approximate surface area is 139 Å². The molecule has 0 spiro atoms. The van der Waals surface area contributed by atoms with Crippen molar-refractivity contribution in [2.75, 3.05) is 39.3 Å². The van der Waals surface area contributed by atoms with Gasteiger partial charge in [0.15, 0.2) is 0 Å². The van der Waals surface area contributed by atoms with Crippen LogP contribution in [0.3, 0.4) is 0 Å². The van der Waals surface area contributed by atoms with Crippen molar-refractivity contribution < 1.29 is 9.18 Å². The zero-order valence-corrected chi connectivity index (χ0v) is 14.1. The van der Waals surface area contributed by atoms with Gasteiger partial charge in [-0.15, -0.1) is 12.4 Å². The van der Waals surface area contributed by atoms with Crippen molar-refractivity contribution in [3.8, 4) is 0 Å². The molecule has 7 heteroatoms. The summed E-state index contributed by atoms with van der Waals surface area (Å²) < 4.78 is 13.5. The van der Waals surface area contributed by atoms with E-state index in [1.165, 1.54) is 6.07 Å². The van der Waals surface area contributed by atoms with Gasteiger partial charge < -0.3 is 10.6 Å². The molecule has 4 nitrogen and oxygen atoms in total. The lowest BCUT2D eigenvalue weighted by atomic mass is 10.1. The smallest absolute Gasteiger partial charge is 0.224 e. The average Bonchev–Trinajstić information content (AvgIpc) is 2.44. The second-order valence-corrected chi connectivity index (χ2v) is 5.72. The van der Waals surface area contributed by atoms with E-state index in [1.54, 1.807) is 12.1 Å². The molecular weight excluding hydrogens is 361 g/mol. The summed E-state index contributed by atoms with van der Waals surface area (Å²) in [6.45, 7) is 5.61. The number of nitrogens with one attached hydrogen (secondary N) is 2. The maximum Gasteiger partial charge on any atom is 0.224 e. The Balaban J connectivity index is 0.00000220. The first kappa shape index (κ1) is 18.4. The van der Waals surface area contributed by atoms with Crippen molar-refractivity contribution in [3.05, 3.63) is 34.1 Å². The predicted octanol–water partition coefficient (Wildman–Crippen LogP) is 1.57. The van der Waals surface area contributed by atoms with Gasteiger partial charge in [0.05, 0.1) is 10.9 Å². The summed E-state index contributed by atoms with van der Waals surface area (Å²) >= 11 is 3.12. The van der Waals surface area contributed by atoms with Crippen molar-refractivity contribution in [1.29, 1.82) is 0 Å². The van der Waals surface area contributed by atoms with Crippen molar-refractivity contribution in [2.45, 2.75) is 6.42 Å². The predicted molar refractivity (Wildman–Crippen MR) is 87.4 cm³/mol. The molecule has 1 aromatic rings. The molecule has 2 N–H and O–H groups in total. The van der Waals surface area contributed by atoms with Gasteiger partial charge in [-0.2, -0.15) is 0 Å². The Morgan fingerprint density at radius 1 is 1.38 bits per heavy atom. The molecule has 0 saturated carbocycles. The minimum absolute atomic E-state index is 0. The Morgan fingerprint density at radius 3 is 2.76 bits per heavy atom. The van der Waals surface area contributed by atoms with E-state index in [9.17, 15) is 9.18 Å². The molecule has 1 heterocycles. The Hall–Kier alpha value is -0.690. The first-order valence-electron chi connectivity index (χ1n) is 6.79. The molecule has 0 aliphatic carbocycles. The van der Waals surface area contributed by atoms with Gasteiger partial charge in [0.2, 0.25) is 5.91 Å². The lowest BCUT2D eigenvalue weighted by Crippen LogP contribution is -2.46. The van der Waals surface area contributed by atoms with Crippen LogP contribution in [0.1, 0.15) is 5.56 Å². The molecule has 1 saturated heterocycles. The lowest BCUT2D eigenvalue weighted by Gasteiger charge is -2.27. The molecule has 0 unspecified atom stereocenters. The molecule has 21 heavy (non-hydrogen) atoms.